The summed E-state index contributed by atoms with van der Waals surface area (Å²) in [5, 5.41) is 1.75. The van der Waals surface area contributed by atoms with Crippen LogP contribution in [0.5, 0.6) is 5.75 Å². The topological polar surface area (TPSA) is 76.2 Å². The molecular formula is C20H24N2O5S2. The zero-order chi connectivity index (χ0) is 20.3. The quantitative estimate of drug-likeness (QED) is 0.695. The molecule has 0 spiro atoms. The van der Waals surface area contributed by atoms with Crippen molar-refractivity contribution in [2.75, 3.05) is 39.4 Å². The molecule has 1 aromatic carbocycles. The van der Waals surface area contributed by atoms with E-state index in [0.717, 1.165) is 19.4 Å². The zero-order valence-corrected chi connectivity index (χ0v) is 17.7. The number of piperazine rings is 1. The van der Waals surface area contributed by atoms with Gasteiger partial charge in [-0.25, -0.2) is 8.42 Å². The van der Waals surface area contributed by atoms with Crippen LogP contribution >= 0.6 is 11.3 Å². The Kier molecular flexibility index (Phi) is 6.19. The van der Waals surface area contributed by atoms with Crippen molar-refractivity contribution in [2.24, 2.45) is 0 Å². The Hall–Kier alpha value is -1.94. The molecule has 2 aliphatic rings. The number of hydrogen-bond acceptors (Lipinski definition) is 6. The third-order valence-corrected chi connectivity index (χ3v) is 8.45. The fraction of sp³-hybridized carbons (Fsp3) is 0.450. The summed E-state index contributed by atoms with van der Waals surface area (Å²) in [6.07, 6.45) is 2.08. The number of benzene rings is 1. The van der Waals surface area contributed by atoms with Crippen LogP contribution < -0.4 is 4.74 Å². The fourth-order valence-electron chi connectivity index (χ4n) is 3.57. The summed E-state index contributed by atoms with van der Waals surface area (Å²) < 4.78 is 38.6. The van der Waals surface area contributed by atoms with Crippen LogP contribution in [0.1, 0.15) is 23.2 Å². The average Bonchev–Trinajstić information content (AvgIpc) is 3.46. The summed E-state index contributed by atoms with van der Waals surface area (Å²) in [5.74, 6) is 0.405. The minimum absolute atomic E-state index is 0.0733. The number of carbonyl (C=O) groups excluding carboxylic acids is 1. The molecule has 0 radical (unpaired) electrons. The molecule has 0 N–H and O–H groups in total. The van der Waals surface area contributed by atoms with Crippen molar-refractivity contribution in [3.63, 3.8) is 0 Å². The van der Waals surface area contributed by atoms with Crippen molar-refractivity contribution in [1.29, 1.82) is 0 Å². The maximum Gasteiger partial charge on any atom is 0.257 e. The van der Waals surface area contributed by atoms with Crippen molar-refractivity contribution >= 4 is 27.3 Å². The molecule has 1 atom stereocenters. The van der Waals surface area contributed by atoms with Crippen molar-refractivity contribution in [3.8, 4) is 5.75 Å². The highest BCUT2D eigenvalue weighted by Gasteiger charge is 2.31. The Labute approximate surface area is 174 Å². The minimum atomic E-state index is -3.48. The first-order valence-electron chi connectivity index (χ1n) is 9.72. The summed E-state index contributed by atoms with van der Waals surface area (Å²) >= 11 is 1.21. The molecule has 2 saturated heterocycles. The Bertz CT molecular complexity index is 932. The molecule has 4 rings (SSSR count). The highest BCUT2D eigenvalue weighted by atomic mass is 32.2. The summed E-state index contributed by atoms with van der Waals surface area (Å²) in [7, 11) is -3.48. The number of para-hydroxylation sites is 1. The van der Waals surface area contributed by atoms with Gasteiger partial charge in [-0.05, 0) is 36.4 Å². The first-order valence-corrected chi connectivity index (χ1v) is 12.0. The average molecular weight is 437 g/mol. The van der Waals surface area contributed by atoms with E-state index in [1.807, 2.05) is 12.1 Å². The predicted molar refractivity (Wildman–Crippen MR) is 110 cm³/mol. The summed E-state index contributed by atoms with van der Waals surface area (Å²) in [5.41, 5.74) is 0.500. The van der Waals surface area contributed by atoms with E-state index in [2.05, 4.69) is 0 Å². The lowest BCUT2D eigenvalue weighted by Crippen LogP contribution is -2.50. The molecule has 0 aliphatic carbocycles. The van der Waals surface area contributed by atoms with Crippen LogP contribution in [0.3, 0.4) is 0 Å². The fourth-order valence-corrected chi connectivity index (χ4v) is 6.13. The van der Waals surface area contributed by atoms with Crippen molar-refractivity contribution in [2.45, 2.75) is 23.2 Å². The second-order valence-electron chi connectivity index (χ2n) is 7.07. The van der Waals surface area contributed by atoms with Gasteiger partial charge in [0.25, 0.3) is 15.9 Å². The molecular weight excluding hydrogens is 412 g/mol. The number of rotatable bonds is 6. The second-order valence-corrected chi connectivity index (χ2v) is 10.2. The highest BCUT2D eigenvalue weighted by Crippen LogP contribution is 2.25. The SMILES string of the molecule is O=C(c1ccccc1OC[C@H]1CCCO1)N1CCN(S(=O)(=O)c2cccs2)CC1. The van der Waals surface area contributed by atoms with Crippen molar-refractivity contribution in [3.05, 3.63) is 47.3 Å². The molecule has 9 heteroatoms. The number of nitrogens with zero attached hydrogens (tertiary/aromatic N) is 2. The molecule has 2 fully saturated rings. The van der Waals surface area contributed by atoms with Gasteiger partial charge in [0.2, 0.25) is 0 Å². The molecule has 156 valence electrons. The Morgan fingerprint density at radius 3 is 2.62 bits per heavy atom. The summed E-state index contributed by atoms with van der Waals surface area (Å²) in [6, 6.07) is 10.5. The molecule has 0 saturated carbocycles. The van der Waals surface area contributed by atoms with Gasteiger partial charge in [-0.1, -0.05) is 18.2 Å². The van der Waals surface area contributed by atoms with Crippen LogP contribution in [-0.4, -0.2) is 69.0 Å². The van der Waals surface area contributed by atoms with E-state index in [-0.39, 0.29) is 25.1 Å². The lowest BCUT2D eigenvalue weighted by atomic mass is 10.1. The van der Waals surface area contributed by atoms with Crippen LogP contribution in [-0.2, 0) is 14.8 Å². The number of ether oxygens (including phenoxy) is 2. The smallest absolute Gasteiger partial charge is 0.257 e. The number of carbonyl (C=O) groups is 1. The van der Waals surface area contributed by atoms with E-state index < -0.39 is 10.0 Å². The Balaban J connectivity index is 1.40. The monoisotopic (exact) mass is 436 g/mol. The third-order valence-electron chi connectivity index (χ3n) is 5.18. The van der Waals surface area contributed by atoms with Gasteiger partial charge in [-0.3, -0.25) is 4.79 Å². The maximum absolute atomic E-state index is 13.1. The van der Waals surface area contributed by atoms with Crippen LogP contribution in [0, 0.1) is 0 Å². The van der Waals surface area contributed by atoms with Crippen LogP contribution in [0.2, 0.25) is 0 Å². The molecule has 1 aromatic heterocycles. The van der Waals surface area contributed by atoms with Crippen molar-refractivity contribution in [1.82, 2.24) is 9.21 Å². The lowest BCUT2D eigenvalue weighted by Gasteiger charge is -2.34. The van der Waals surface area contributed by atoms with Crippen LogP contribution in [0.4, 0.5) is 0 Å². The number of amides is 1. The zero-order valence-electron chi connectivity index (χ0n) is 16.0. The first-order chi connectivity index (χ1) is 14.1. The van der Waals surface area contributed by atoms with Crippen molar-refractivity contribution < 1.29 is 22.7 Å². The summed E-state index contributed by atoms with van der Waals surface area (Å²) in [4.78, 5) is 14.7. The van der Waals surface area contributed by atoms with E-state index in [1.165, 1.54) is 15.6 Å². The second kappa shape index (κ2) is 8.83. The Morgan fingerprint density at radius 2 is 1.93 bits per heavy atom. The van der Waals surface area contributed by atoms with Crippen LogP contribution in [0.15, 0.2) is 46.0 Å². The minimum Gasteiger partial charge on any atom is -0.490 e. The normalized spacial score (nSPS) is 20.7. The van der Waals surface area contributed by atoms with Gasteiger partial charge in [0, 0.05) is 32.8 Å². The standard InChI is InChI=1S/C20H24N2O5S2/c23-20(17-6-1-2-7-18(17)27-15-16-5-3-13-26-16)21-9-11-22(12-10-21)29(24,25)19-8-4-14-28-19/h1-2,4,6-8,14,16H,3,5,9-13,15H2/t16-/m1/s1. The van der Waals surface area contributed by atoms with Gasteiger partial charge in [-0.2, -0.15) is 4.31 Å². The predicted octanol–water partition coefficient (Wildman–Crippen LogP) is 2.45. The molecule has 1 amide bonds. The lowest BCUT2D eigenvalue weighted by molar-refractivity contribution is 0.0632. The van der Waals surface area contributed by atoms with E-state index in [0.29, 0.717) is 35.2 Å². The molecule has 0 unspecified atom stereocenters. The largest absolute Gasteiger partial charge is 0.490 e. The van der Waals surface area contributed by atoms with E-state index in [4.69, 9.17) is 9.47 Å². The molecule has 0 bridgehead atoms. The molecule has 3 heterocycles. The van der Waals surface area contributed by atoms with Gasteiger partial charge in [0.1, 0.15) is 16.6 Å². The molecule has 2 aliphatic heterocycles. The van der Waals surface area contributed by atoms with Gasteiger partial charge in [0.15, 0.2) is 0 Å². The van der Waals surface area contributed by atoms with Gasteiger partial charge in [-0.15, -0.1) is 11.3 Å². The number of hydrogen-bond donors (Lipinski definition) is 0. The third kappa shape index (κ3) is 4.48. The number of thiophene rings is 1. The molecule has 2 aromatic rings. The highest BCUT2D eigenvalue weighted by molar-refractivity contribution is 7.91. The summed E-state index contributed by atoms with van der Waals surface area (Å²) in [6.45, 7) is 2.45. The van der Waals surface area contributed by atoms with Gasteiger partial charge >= 0.3 is 0 Å². The van der Waals surface area contributed by atoms with Crippen LogP contribution in [0.25, 0.3) is 0 Å². The Morgan fingerprint density at radius 1 is 1.14 bits per heavy atom. The number of sulfonamides is 1. The molecule has 29 heavy (non-hydrogen) atoms. The van der Waals surface area contributed by atoms with Gasteiger partial charge in [0.05, 0.1) is 11.7 Å². The maximum atomic E-state index is 13.1. The van der Waals surface area contributed by atoms with Gasteiger partial charge < -0.3 is 14.4 Å². The molecule has 7 nitrogen and oxygen atoms in total. The first kappa shape index (κ1) is 20.3. The van der Waals surface area contributed by atoms with E-state index >= 15 is 0 Å². The van der Waals surface area contributed by atoms with E-state index in [1.54, 1.807) is 34.5 Å². The van der Waals surface area contributed by atoms with E-state index in [9.17, 15) is 13.2 Å².